The van der Waals surface area contributed by atoms with E-state index >= 15 is 0 Å². The zero-order chi connectivity index (χ0) is 20.0. The van der Waals surface area contributed by atoms with Crippen LogP contribution in [0.1, 0.15) is 55.0 Å². The van der Waals surface area contributed by atoms with Crippen molar-refractivity contribution in [1.82, 2.24) is 19.3 Å². The Labute approximate surface area is 165 Å². The zero-order valence-corrected chi connectivity index (χ0v) is 17.2. The van der Waals surface area contributed by atoms with E-state index in [1.807, 2.05) is 40.4 Å². The molecule has 0 saturated carbocycles. The first-order valence-corrected chi connectivity index (χ1v) is 9.85. The number of benzene rings is 1. The summed E-state index contributed by atoms with van der Waals surface area (Å²) in [5, 5.41) is 4.64. The molecule has 0 radical (unpaired) electrons. The number of nitrogens with zero attached hydrogens (tertiary/aromatic N) is 5. The van der Waals surface area contributed by atoms with E-state index < -0.39 is 0 Å². The molecule has 0 aliphatic carbocycles. The molecular formula is C22H27N5O. The highest BCUT2D eigenvalue weighted by atomic mass is 16.2. The number of anilines is 1. The summed E-state index contributed by atoms with van der Waals surface area (Å²) in [6.45, 7) is 11.0. The van der Waals surface area contributed by atoms with Gasteiger partial charge in [-0.15, -0.1) is 0 Å². The van der Waals surface area contributed by atoms with Crippen LogP contribution < -0.4 is 4.90 Å². The second kappa shape index (κ2) is 6.93. The first-order valence-electron chi connectivity index (χ1n) is 9.85. The van der Waals surface area contributed by atoms with Crippen LogP contribution in [0, 0.1) is 20.8 Å². The molecule has 1 aliphatic heterocycles. The van der Waals surface area contributed by atoms with E-state index in [1.165, 1.54) is 5.56 Å². The minimum atomic E-state index is -0.191. The highest BCUT2D eigenvalue weighted by molar-refractivity contribution is 5.99. The quantitative estimate of drug-likeness (QED) is 0.688. The number of rotatable bonds is 4. The summed E-state index contributed by atoms with van der Waals surface area (Å²) in [6.07, 6.45) is 4.59. The molecule has 146 valence electrons. The summed E-state index contributed by atoms with van der Waals surface area (Å²) < 4.78 is 3.98. The molecule has 3 heterocycles. The van der Waals surface area contributed by atoms with E-state index in [0.717, 1.165) is 35.0 Å². The number of imidazole rings is 1. The van der Waals surface area contributed by atoms with Crippen LogP contribution in [0.15, 0.2) is 36.7 Å². The van der Waals surface area contributed by atoms with E-state index in [2.05, 4.69) is 55.1 Å². The Kier molecular flexibility index (Phi) is 4.57. The van der Waals surface area contributed by atoms with Gasteiger partial charge in [0.25, 0.3) is 0 Å². The van der Waals surface area contributed by atoms with E-state index in [4.69, 9.17) is 0 Å². The number of carbonyl (C=O) groups is 1. The number of hydrogen-bond donors (Lipinski definition) is 0. The van der Waals surface area contributed by atoms with Crippen LogP contribution in [0.25, 0.3) is 5.69 Å². The number of amides is 1. The van der Waals surface area contributed by atoms with Gasteiger partial charge < -0.3 is 9.47 Å². The van der Waals surface area contributed by atoms with Gasteiger partial charge in [-0.1, -0.05) is 31.5 Å². The molecule has 0 N–H and O–H groups in total. The average molecular weight is 377 g/mol. The Bertz CT molecular complexity index is 1010. The van der Waals surface area contributed by atoms with Crippen molar-refractivity contribution in [1.29, 1.82) is 0 Å². The monoisotopic (exact) mass is 377 g/mol. The Morgan fingerprint density at radius 2 is 1.82 bits per heavy atom. The molecule has 6 heteroatoms. The van der Waals surface area contributed by atoms with Crippen molar-refractivity contribution in [3.63, 3.8) is 0 Å². The Balaban J connectivity index is 1.71. The molecule has 1 unspecified atom stereocenters. The highest BCUT2D eigenvalue weighted by Gasteiger charge is 2.37. The van der Waals surface area contributed by atoms with Crippen LogP contribution in [-0.2, 0) is 4.79 Å². The first-order chi connectivity index (χ1) is 13.4. The molecule has 3 aromatic rings. The van der Waals surface area contributed by atoms with E-state index in [0.29, 0.717) is 6.54 Å². The number of hydrogen-bond acceptors (Lipinski definition) is 3. The minimum absolute atomic E-state index is 0.117. The minimum Gasteiger partial charge on any atom is -0.322 e. The number of aryl methyl sites for hydroxylation is 3. The fraction of sp³-hybridized carbons (Fsp3) is 0.409. The molecule has 1 atom stereocenters. The predicted molar refractivity (Wildman–Crippen MR) is 110 cm³/mol. The van der Waals surface area contributed by atoms with Gasteiger partial charge in [0, 0.05) is 12.7 Å². The summed E-state index contributed by atoms with van der Waals surface area (Å²) >= 11 is 0. The molecule has 0 spiro atoms. The van der Waals surface area contributed by atoms with Gasteiger partial charge in [0.2, 0.25) is 5.91 Å². The second-order valence-corrected chi connectivity index (χ2v) is 7.95. The molecule has 0 bridgehead atoms. The largest absolute Gasteiger partial charge is 0.322 e. The molecule has 6 nitrogen and oxygen atoms in total. The van der Waals surface area contributed by atoms with Crippen molar-refractivity contribution in [2.45, 2.75) is 53.0 Å². The fourth-order valence-corrected chi connectivity index (χ4v) is 4.10. The molecular weight excluding hydrogens is 350 g/mol. The molecule has 4 rings (SSSR count). The van der Waals surface area contributed by atoms with Gasteiger partial charge in [0.05, 0.1) is 29.0 Å². The number of aromatic nitrogens is 4. The molecule has 1 aliphatic rings. The van der Waals surface area contributed by atoms with Gasteiger partial charge in [-0.25, -0.2) is 9.67 Å². The first kappa shape index (κ1) is 18.5. The van der Waals surface area contributed by atoms with Crippen LogP contribution in [0.3, 0.4) is 0 Å². The van der Waals surface area contributed by atoms with Gasteiger partial charge >= 0.3 is 0 Å². The van der Waals surface area contributed by atoms with Crippen LogP contribution in [-0.4, -0.2) is 31.8 Å². The SMILES string of the molecule is Cc1ccc(-n2ncc(N3CCC(n4cc(C)nc4C)C3=O)c2C(C)C)cc1. The number of carbonyl (C=O) groups excluding carboxylic acids is 1. The maximum atomic E-state index is 13.3. The fourth-order valence-electron chi connectivity index (χ4n) is 4.10. The molecule has 28 heavy (non-hydrogen) atoms. The lowest BCUT2D eigenvalue weighted by Crippen LogP contribution is -2.29. The lowest BCUT2D eigenvalue weighted by Gasteiger charge is -2.20. The van der Waals surface area contributed by atoms with Crippen molar-refractivity contribution in [3.05, 3.63) is 59.4 Å². The smallest absolute Gasteiger partial charge is 0.250 e. The Morgan fingerprint density at radius 1 is 1.11 bits per heavy atom. The molecule has 1 amide bonds. The maximum Gasteiger partial charge on any atom is 0.250 e. The molecule has 1 aromatic carbocycles. The second-order valence-electron chi connectivity index (χ2n) is 7.95. The van der Waals surface area contributed by atoms with Crippen molar-refractivity contribution >= 4 is 11.6 Å². The summed E-state index contributed by atoms with van der Waals surface area (Å²) in [7, 11) is 0. The summed E-state index contributed by atoms with van der Waals surface area (Å²) in [6, 6.07) is 8.13. The van der Waals surface area contributed by atoms with Gasteiger partial charge in [-0.3, -0.25) is 4.79 Å². The topological polar surface area (TPSA) is 56.0 Å². The standard InChI is InChI=1S/C22H27N5O/c1-14(2)21-20(12-23-27(21)18-8-6-15(3)7-9-18)25-11-10-19(22(25)28)26-13-16(4)24-17(26)5/h6-9,12-14,19H,10-11H2,1-5H3. The van der Waals surface area contributed by atoms with Crippen molar-refractivity contribution in [3.8, 4) is 5.69 Å². The average Bonchev–Trinajstić information content (AvgIpc) is 3.32. The van der Waals surface area contributed by atoms with Gasteiger partial charge in [0.1, 0.15) is 11.9 Å². The maximum absolute atomic E-state index is 13.3. The molecule has 1 saturated heterocycles. The van der Waals surface area contributed by atoms with E-state index in [-0.39, 0.29) is 17.9 Å². The normalized spacial score (nSPS) is 17.1. The lowest BCUT2D eigenvalue weighted by molar-refractivity contribution is -0.119. The third-order valence-corrected chi connectivity index (χ3v) is 5.45. The van der Waals surface area contributed by atoms with Gasteiger partial charge in [0.15, 0.2) is 0 Å². The van der Waals surface area contributed by atoms with Crippen LogP contribution in [0.4, 0.5) is 5.69 Å². The summed E-state index contributed by atoms with van der Waals surface area (Å²) in [4.78, 5) is 19.6. The van der Waals surface area contributed by atoms with Gasteiger partial charge in [-0.2, -0.15) is 5.10 Å². The third kappa shape index (κ3) is 3.03. The van der Waals surface area contributed by atoms with Crippen LogP contribution in [0.2, 0.25) is 0 Å². The van der Waals surface area contributed by atoms with Crippen LogP contribution in [0.5, 0.6) is 0 Å². The summed E-state index contributed by atoms with van der Waals surface area (Å²) in [5.41, 5.74) is 5.16. The third-order valence-electron chi connectivity index (χ3n) is 5.45. The Hall–Kier alpha value is -2.89. The summed E-state index contributed by atoms with van der Waals surface area (Å²) in [5.74, 6) is 1.24. The van der Waals surface area contributed by atoms with E-state index in [9.17, 15) is 4.79 Å². The van der Waals surface area contributed by atoms with E-state index in [1.54, 1.807) is 0 Å². The van der Waals surface area contributed by atoms with Gasteiger partial charge in [-0.05, 0) is 45.2 Å². The molecule has 1 fully saturated rings. The predicted octanol–water partition coefficient (Wildman–Crippen LogP) is 4.10. The lowest BCUT2D eigenvalue weighted by atomic mass is 10.1. The molecule has 2 aromatic heterocycles. The highest BCUT2D eigenvalue weighted by Crippen LogP contribution is 2.35. The zero-order valence-electron chi connectivity index (χ0n) is 17.2. The van der Waals surface area contributed by atoms with Crippen molar-refractivity contribution in [2.75, 3.05) is 11.4 Å². The Morgan fingerprint density at radius 3 is 2.43 bits per heavy atom. The van der Waals surface area contributed by atoms with Crippen molar-refractivity contribution in [2.24, 2.45) is 0 Å². The van der Waals surface area contributed by atoms with Crippen molar-refractivity contribution < 1.29 is 4.79 Å². The van der Waals surface area contributed by atoms with Crippen LogP contribution >= 0.6 is 0 Å².